The minimum atomic E-state index is -0.828. The van der Waals surface area contributed by atoms with Gasteiger partial charge in [0, 0.05) is 0 Å². The molecule has 6 aromatic rings. The van der Waals surface area contributed by atoms with E-state index in [0.29, 0.717) is 0 Å². The monoisotopic (exact) mass is 818 g/mol. The lowest BCUT2D eigenvalue weighted by molar-refractivity contribution is 0.412. The van der Waals surface area contributed by atoms with Crippen LogP contribution in [0.3, 0.4) is 0 Å². The van der Waals surface area contributed by atoms with E-state index in [0.717, 1.165) is 58.5 Å². The summed E-state index contributed by atoms with van der Waals surface area (Å²) in [7, 11) is 7.90. The Balaban J connectivity index is 1.54. The van der Waals surface area contributed by atoms with Crippen molar-refractivity contribution in [3.8, 4) is 34.5 Å². The Hall–Kier alpha value is -4.59. The fourth-order valence-corrected chi connectivity index (χ4v) is 15.8. The van der Waals surface area contributed by atoms with Gasteiger partial charge in [0.1, 0.15) is 34.5 Å². The van der Waals surface area contributed by atoms with Crippen molar-refractivity contribution < 1.29 is 28.4 Å². The van der Waals surface area contributed by atoms with E-state index in [4.69, 9.17) is 28.4 Å². The maximum atomic E-state index is 5.74. The summed E-state index contributed by atoms with van der Waals surface area (Å²) in [6, 6.07) is 50.2. The zero-order valence-electron chi connectivity index (χ0n) is 34.2. The van der Waals surface area contributed by atoms with Crippen molar-refractivity contribution in [1.29, 1.82) is 0 Å². The third-order valence-corrected chi connectivity index (χ3v) is 19.0. The SMILES string of the molecule is COc1ccc(P(CC(C)(CP(c2ccc(OC)cc2)c2ccc(OC)cc2)CP(c2ccc(OC)cc2)c2ccc(OC)c(C)c2)c2ccc(OC)cc2)cc1. The fraction of sp³-hybridized carbons (Fsp3) is 0.250. The lowest BCUT2D eigenvalue weighted by atomic mass is 9.99. The van der Waals surface area contributed by atoms with E-state index in [1.54, 1.807) is 42.7 Å². The largest absolute Gasteiger partial charge is 0.497 e. The molecule has 0 aliphatic carbocycles. The van der Waals surface area contributed by atoms with Crippen LogP contribution in [-0.4, -0.2) is 61.1 Å². The summed E-state index contributed by atoms with van der Waals surface area (Å²) in [5.74, 6) is 5.17. The second kappa shape index (κ2) is 19.7. The summed E-state index contributed by atoms with van der Waals surface area (Å²) in [4.78, 5) is 0. The zero-order valence-corrected chi connectivity index (χ0v) is 36.9. The molecular formula is C48H53O6P3. The molecule has 0 N–H and O–H groups in total. The van der Waals surface area contributed by atoms with Crippen LogP contribution in [0.4, 0.5) is 0 Å². The normalized spacial score (nSPS) is 12.0. The summed E-state index contributed by atoms with van der Waals surface area (Å²) >= 11 is 0. The van der Waals surface area contributed by atoms with Crippen LogP contribution in [0.15, 0.2) is 140 Å². The third kappa shape index (κ3) is 10.5. The Morgan fingerprint density at radius 3 is 0.825 bits per heavy atom. The Labute approximate surface area is 342 Å². The van der Waals surface area contributed by atoms with Gasteiger partial charge in [-0.25, -0.2) is 0 Å². The third-order valence-electron chi connectivity index (χ3n) is 10.2. The summed E-state index contributed by atoms with van der Waals surface area (Å²) in [5, 5.41) is 7.90. The van der Waals surface area contributed by atoms with E-state index in [9.17, 15) is 0 Å². The minimum absolute atomic E-state index is 0.156. The van der Waals surface area contributed by atoms with Gasteiger partial charge in [-0.05, 0) is 165 Å². The average Bonchev–Trinajstić information content (AvgIpc) is 3.27. The zero-order chi connectivity index (χ0) is 40.4. The van der Waals surface area contributed by atoms with Gasteiger partial charge in [-0.1, -0.05) is 73.7 Å². The molecule has 6 aromatic carbocycles. The Morgan fingerprint density at radius 2 is 0.596 bits per heavy atom. The van der Waals surface area contributed by atoms with Crippen LogP contribution in [0.5, 0.6) is 34.5 Å². The van der Waals surface area contributed by atoms with Crippen LogP contribution in [0, 0.1) is 12.3 Å². The van der Waals surface area contributed by atoms with Crippen molar-refractivity contribution in [2.45, 2.75) is 13.8 Å². The lowest BCUT2D eigenvalue weighted by Gasteiger charge is -2.40. The van der Waals surface area contributed by atoms with Crippen molar-refractivity contribution in [3.05, 3.63) is 145 Å². The Bertz CT molecular complexity index is 1960. The molecule has 0 aliphatic heterocycles. The molecular weight excluding hydrogens is 765 g/mol. The van der Waals surface area contributed by atoms with Gasteiger partial charge in [0.2, 0.25) is 0 Å². The van der Waals surface area contributed by atoms with Crippen molar-refractivity contribution in [1.82, 2.24) is 0 Å². The van der Waals surface area contributed by atoms with Crippen molar-refractivity contribution in [2.24, 2.45) is 5.41 Å². The molecule has 1 atom stereocenters. The quantitative estimate of drug-likeness (QED) is 0.0810. The first-order chi connectivity index (χ1) is 27.7. The van der Waals surface area contributed by atoms with Gasteiger partial charge in [-0.2, -0.15) is 0 Å². The van der Waals surface area contributed by atoms with E-state index in [-0.39, 0.29) is 5.41 Å². The molecule has 6 rings (SSSR count). The molecule has 0 bridgehead atoms. The van der Waals surface area contributed by atoms with Gasteiger partial charge in [0.05, 0.1) is 42.7 Å². The number of ether oxygens (including phenoxy) is 6. The molecule has 57 heavy (non-hydrogen) atoms. The molecule has 0 saturated carbocycles. The van der Waals surface area contributed by atoms with E-state index in [1.165, 1.54) is 31.8 Å². The molecule has 0 amide bonds. The van der Waals surface area contributed by atoms with Crippen LogP contribution in [0.2, 0.25) is 0 Å². The van der Waals surface area contributed by atoms with Gasteiger partial charge in [-0.3, -0.25) is 0 Å². The highest BCUT2D eigenvalue weighted by Crippen LogP contribution is 2.53. The minimum Gasteiger partial charge on any atom is -0.497 e. The Morgan fingerprint density at radius 1 is 0.351 bits per heavy atom. The second-order valence-corrected chi connectivity index (χ2v) is 20.8. The first-order valence-corrected chi connectivity index (χ1v) is 23.5. The van der Waals surface area contributed by atoms with Crippen molar-refractivity contribution in [2.75, 3.05) is 61.1 Å². The molecule has 0 aliphatic rings. The number of aryl methyl sites for hydroxylation is 1. The van der Waals surface area contributed by atoms with E-state index in [1.807, 2.05) is 0 Å². The Kier molecular flexibility index (Phi) is 14.5. The van der Waals surface area contributed by atoms with Gasteiger partial charge >= 0.3 is 0 Å². The number of rotatable bonds is 18. The molecule has 0 aromatic heterocycles. The molecule has 1 unspecified atom stereocenters. The van der Waals surface area contributed by atoms with E-state index < -0.39 is 23.8 Å². The topological polar surface area (TPSA) is 55.4 Å². The van der Waals surface area contributed by atoms with E-state index >= 15 is 0 Å². The highest BCUT2D eigenvalue weighted by atomic mass is 31.1. The molecule has 0 radical (unpaired) electrons. The van der Waals surface area contributed by atoms with Crippen LogP contribution < -0.4 is 60.2 Å². The number of hydrogen-bond donors (Lipinski definition) is 0. The molecule has 6 nitrogen and oxygen atoms in total. The smallest absolute Gasteiger partial charge is 0.121 e. The van der Waals surface area contributed by atoms with Crippen LogP contribution in [0.1, 0.15) is 12.5 Å². The van der Waals surface area contributed by atoms with Gasteiger partial charge < -0.3 is 28.4 Å². The average molecular weight is 819 g/mol. The molecule has 0 saturated heterocycles. The molecule has 296 valence electrons. The highest BCUT2D eigenvalue weighted by molar-refractivity contribution is 7.75. The van der Waals surface area contributed by atoms with Crippen molar-refractivity contribution in [3.63, 3.8) is 0 Å². The maximum Gasteiger partial charge on any atom is 0.121 e. The standard InChI is InChI=1S/C48H53O6P3/c1-35-31-46(29-30-47(35)54-8)57(45-27-17-40(53-7)18-28-45)34-48(2,32-55(41-19-9-36(49-3)10-20-41)42-21-11-37(50-4)12-22-42)33-56(43-23-13-38(51-5)14-24-43)44-25-15-39(52-6)16-26-44/h9-31H,32-34H2,1-8H3. The summed E-state index contributed by atoms with van der Waals surface area (Å²) in [5.41, 5.74) is 0.978. The highest BCUT2D eigenvalue weighted by Gasteiger charge is 2.37. The molecule has 9 heteroatoms. The van der Waals surface area contributed by atoms with Crippen LogP contribution in [0.25, 0.3) is 0 Å². The second-order valence-electron chi connectivity index (χ2n) is 14.2. The van der Waals surface area contributed by atoms with Gasteiger partial charge in [-0.15, -0.1) is 0 Å². The molecule has 0 spiro atoms. The maximum absolute atomic E-state index is 5.74. The van der Waals surface area contributed by atoms with Crippen LogP contribution in [-0.2, 0) is 0 Å². The van der Waals surface area contributed by atoms with Crippen LogP contribution >= 0.6 is 23.8 Å². The number of methoxy groups -OCH3 is 6. The first kappa shape index (κ1) is 42.0. The van der Waals surface area contributed by atoms with Gasteiger partial charge in [0.15, 0.2) is 0 Å². The predicted molar refractivity (Wildman–Crippen MR) is 244 cm³/mol. The summed E-state index contributed by atoms with van der Waals surface area (Å²) < 4.78 is 33.9. The lowest BCUT2D eigenvalue weighted by Crippen LogP contribution is -2.36. The summed E-state index contributed by atoms with van der Waals surface area (Å²) in [6.45, 7) is 4.68. The molecule has 0 heterocycles. The van der Waals surface area contributed by atoms with E-state index in [2.05, 4.69) is 153 Å². The number of hydrogen-bond acceptors (Lipinski definition) is 6. The van der Waals surface area contributed by atoms with Crippen molar-refractivity contribution >= 4 is 55.6 Å². The number of benzene rings is 6. The predicted octanol–water partition coefficient (Wildman–Crippen LogP) is 8.75. The summed E-state index contributed by atoms with van der Waals surface area (Å²) in [6.07, 6.45) is 2.91. The van der Waals surface area contributed by atoms with Gasteiger partial charge in [0.25, 0.3) is 0 Å². The first-order valence-electron chi connectivity index (χ1n) is 18.9. The molecule has 0 fully saturated rings. The fourth-order valence-electron chi connectivity index (χ4n) is 7.13.